The van der Waals surface area contributed by atoms with Crippen LogP contribution in [0.4, 0.5) is 0 Å². The van der Waals surface area contributed by atoms with Gasteiger partial charge >= 0.3 is 0 Å². The molecule has 4 rings (SSSR count). The second-order valence-electron chi connectivity index (χ2n) is 6.76. The second kappa shape index (κ2) is 4.72. The third-order valence-electron chi connectivity index (χ3n) is 6.20. The molecule has 1 aromatic rings. The van der Waals surface area contributed by atoms with Crippen LogP contribution in [0.1, 0.15) is 43.7 Å². The summed E-state index contributed by atoms with van der Waals surface area (Å²) in [7, 11) is 1.76. The lowest BCUT2D eigenvalue weighted by atomic mass is 9.51. The zero-order chi connectivity index (χ0) is 14.5. The fraction of sp³-hybridized carbons (Fsp3) is 0.667. The Morgan fingerprint density at radius 1 is 1.38 bits per heavy atom. The summed E-state index contributed by atoms with van der Waals surface area (Å²) in [5.41, 5.74) is 3.14. The van der Waals surface area contributed by atoms with Crippen molar-refractivity contribution in [2.45, 2.75) is 56.1 Å². The van der Waals surface area contributed by atoms with Gasteiger partial charge in [0.15, 0.2) is 0 Å². The van der Waals surface area contributed by atoms with E-state index in [4.69, 9.17) is 9.47 Å². The van der Waals surface area contributed by atoms with Gasteiger partial charge in [-0.2, -0.15) is 0 Å². The Morgan fingerprint density at radius 2 is 2.29 bits per heavy atom. The van der Waals surface area contributed by atoms with Gasteiger partial charge in [0.2, 0.25) is 0 Å². The summed E-state index contributed by atoms with van der Waals surface area (Å²) < 4.78 is 12.0. The van der Waals surface area contributed by atoms with Gasteiger partial charge in [0, 0.05) is 18.1 Å². The van der Waals surface area contributed by atoms with Crippen LogP contribution in [0.3, 0.4) is 0 Å². The molecule has 0 radical (unpaired) electrons. The zero-order valence-electron chi connectivity index (χ0n) is 13.1. The van der Waals surface area contributed by atoms with E-state index in [1.165, 1.54) is 30.4 Å². The standard InChI is InChI=1S/C18H25NO2/c1-3-18-16-11-13-5-6-14(20-2)12-15(13)17(18,8-9-19-16)7-4-10-21-18/h5-6,12,16,19H,3-4,7-11H2,1-2H3/t16-,17+,18+/m1/s1. The molecule has 114 valence electrons. The lowest BCUT2D eigenvalue weighted by Crippen LogP contribution is -2.72. The van der Waals surface area contributed by atoms with E-state index in [1.54, 1.807) is 7.11 Å². The molecule has 2 heterocycles. The van der Waals surface area contributed by atoms with E-state index in [0.717, 1.165) is 31.7 Å². The van der Waals surface area contributed by atoms with Crippen molar-refractivity contribution in [2.24, 2.45) is 0 Å². The lowest BCUT2D eigenvalue weighted by molar-refractivity contribution is -0.178. The molecule has 3 nitrogen and oxygen atoms in total. The molecule has 0 amide bonds. The Labute approximate surface area is 127 Å². The Bertz CT molecular complexity index is 554. The van der Waals surface area contributed by atoms with Crippen LogP contribution < -0.4 is 10.1 Å². The van der Waals surface area contributed by atoms with Crippen LogP contribution in [0.5, 0.6) is 5.75 Å². The second-order valence-corrected chi connectivity index (χ2v) is 6.76. The number of hydrogen-bond acceptors (Lipinski definition) is 3. The van der Waals surface area contributed by atoms with Crippen molar-refractivity contribution in [2.75, 3.05) is 20.3 Å². The van der Waals surface area contributed by atoms with E-state index in [1.807, 2.05) is 0 Å². The number of benzene rings is 1. The molecule has 3 aliphatic rings. The Kier molecular flexibility index (Phi) is 3.05. The molecule has 2 bridgehead atoms. The van der Waals surface area contributed by atoms with Gasteiger partial charge in [-0.05, 0) is 61.9 Å². The average Bonchev–Trinajstić information content (AvgIpc) is 2.54. The van der Waals surface area contributed by atoms with Crippen LogP contribution in [0, 0.1) is 0 Å². The van der Waals surface area contributed by atoms with Crippen molar-refractivity contribution in [3.8, 4) is 5.75 Å². The monoisotopic (exact) mass is 287 g/mol. The van der Waals surface area contributed by atoms with Crippen LogP contribution in [0.2, 0.25) is 0 Å². The highest BCUT2D eigenvalue weighted by Gasteiger charge is 2.62. The molecule has 2 saturated heterocycles. The van der Waals surface area contributed by atoms with Gasteiger partial charge in [-0.3, -0.25) is 0 Å². The molecule has 3 atom stereocenters. The van der Waals surface area contributed by atoms with Crippen molar-refractivity contribution >= 4 is 0 Å². The molecule has 0 unspecified atom stereocenters. The van der Waals surface area contributed by atoms with Crippen molar-refractivity contribution < 1.29 is 9.47 Å². The van der Waals surface area contributed by atoms with Crippen LogP contribution in [-0.2, 0) is 16.6 Å². The molecule has 1 aliphatic carbocycles. The van der Waals surface area contributed by atoms with Crippen molar-refractivity contribution in [3.63, 3.8) is 0 Å². The Hall–Kier alpha value is -1.06. The minimum absolute atomic E-state index is 0.0249. The maximum Gasteiger partial charge on any atom is 0.119 e. The van der Waals surface area contributed by atoms with E-state index in [0.29, 0.717) is 6.04 Å². The first-order chi connectivity index (χ1) is 10.3. The van der Waals surface area contributed by atoms with Crippen LogP contribution in [0.25, 0.3) is 0 Å². The fourth-order valence-corrected chi connectivity index (χ4v) is 5.32. The minimum atomic E-state index is -0.0249. The van der Waals surface area contributed by atoms with E-state index >= 15 is 0 Å². The molecule has 0 aromatic heterocycles. The third kappa shape index (κ3) is 1.62. The highest BCUT2D eigenvalue weighted by atomic mass is 16.5. The SMILES string of the molecule is CC[C@@]12OCCC[C@@]13CCN[C@@H]2Cc1ccc(OC)cc13. The van der Waals surface area contributed by atoms with Crippen LogP contribution in [0.15, 0.2) is 18.2 Å². The van der Waals surface area contributed by atoms with Gasteiger partial charge < -0.3 is 14.8 Å². The first kappa shape index (κ1) is 13.6. The number of hydrogen-bond donors (Lipinski definition) is 1. The number of fused-ring (bicyclic) bond motifs is 1. The van der Waals surface area contributed by atoms with Gasteiger partial charge in [0.25, 0.3) is 0 Å². The van der Waals surface area contributed by atoms with E-state index < -0.39 is 0 Å². The summed E-state index contributed by atoms with van der Waals surface area (Å²) in [6.07, 6.45) is 5.76. The van der Waals surface area contributed by atoms with Crippen LogP contribution in [-0.4, -0.2) is 31.9 Å². The predicted molar refractivity (Wildman–Crippen MR) is 83.0 cm³/mol. The highest BCUT2D eigenvalue weighted by Crippen LogP contribution is 2.57. The summed E-state index contributed by atoms with van der Waals surface area (Å²) >= 11 is 0. The van der Waals surface area contributed by atoms with Gasteiger partial charge in [-0.15, -0.1) is 0 Å². The first-order valence-corrected chi connectivity index (χ1v) is 8.30. The molecule has 1 N–H and O–H groups in total. The first-order valence-electron chi connectivity index (χ1n) is 8.30. The van der Waals surface area contributed by atoms with Gasteiger partial charge in [0.1, 0.15) is 5.75 Å². The number of rotatable bonds is 2. The van der Waals surface area contributed by atoms with Gasteiger partial charge in [0.05, 0.1) is 12.7 Å². The highest BCUT2D eigenvalue weighted by molar-refractivity contribution is 5.48. The lowest BCUT2D eigenvalue weighted by Gasteiger charge is -2.63. The quantitative estimate of drug-likeness (QED) is 0.907. The van der Waals surface area contributed by atoms with Gasteiger partial charge in [-0.25, -0.2) is 0 Å². The summed E-state index contributed by atoms with van der Waals surface area (Å²) in [5, 5.41) is 3.75. The average molecular weight is 287 g/mol. The van der Waals surface area contributed by atoms with Crippen molar-refractivity contribution in [1.29, 1.82) is 0 Å². The molecule has 1 aromatic carbocycles. The van der Waals surface area contributed by atoms with E-state index in [9.17, 15) is 0 Å². The fourth-order valence-electron chi connectivity index (χ4n) is 5.32. The normalized spacial score (nSPS) is 37.5. The minimum Gasteiger partial charge on any atom is -0.497 e. The van der Waals surface area contributed by atoms with E-state index in [2.05, 4.69) is 30.4 Å². The maximum atomic E-state index is 6.50. The largest absolute Gasteiger partial charge is 0.497 e. The number of methoxy groups -OCH3 is 1. The smallest absolute Gasteiger partial charge is 0.119 e. The molecule has 21 heavy (non-hydrogen) atoms. The number of ether oxygens (including phenoxy) is 2. The number of piperidine rings is 1. The molecular weight excluding hydrogens is 262 g/mol. The summed E-state index contributed by atoms with van der Waals surface area (Å²) in [6, 6.07) is 7.12. The maximum absolute atomic E-state index is 6.50. The number of nitrogens with one attached hydrogen (secondary N) is 1. The summed E-state index contributed by atoms with van der Waals surface area (Å²) in [5.74, 6) is 0.982. The topological polar surface area (TPSA) is 30.5 Å². The molecule has 2 aliphatic heterocycles. The van der Waals surface area contributed by atoms with Crippen molar-refractivity contribution in [3.05, 3.63) is 29.3 Å². The van der Waals surface area contributed by atoms with E-state index in [-0.39, 0.29) is 11.0 Å². The molecule has 0 saturated carbocycles. The Morgan fingerprint density at radius 3 is 3.10 bits per heavy atom. The third-order valence-corrected chi connectivity index (χ3v) is 6.20. The predicted octanol–water partition coefficient (Wildman–Crippen LogP) is 2.81. The van der Waals surface area contributed by atoms with Gasteiger partial charge in [-0.1, -0.05) is 13.0 Å². The molecule has 2 fully saturated rings. The molecule has 0 spiro atoms. The summed E-state index contributed by atoms with van der Waals surface area (Å²) in [4.78, 5) is 0. The Balaban J connectivity index is 1.94. The summed E-state index contributed by atoms with van der Waals surface area (Å²) in [6.45, 7) is 4.31. The van der Waals surface area contributed by atoms with Crippen molar-refractivity contribution in [1.82, 2.24) is 5.32 Å². The van der Waals surface area contributed by atoms with Crippen LogP contribution >= 0.6 is 0 Å². The molecular formula is C18H25NO2. The zero-order valence-corrected chi connectivity index (χ0v) is 13.1. The molecule has 3 heteroatoms.